The van der Waals surface area contributed by atoms with Gasteiger partial charge in [-0.15, -0.1) is 0 Å². The van der Waals surface area contributed by atoms with Crippen molar-refractivity contribution < 1.29 is 9.35 Å². The van der Waals surface area contributed by atoms with Crippen molar-refractivity contribution in [3.8, 4) is 0 Å². The number of hydrogen-bond acceptors (Lipinski definition) is 3. The van der Waals surface area contributed by atoms with Gasteiger partial charge in [0.05, 0.1) is 6.10 Å². The van der Waals surface area contributed by atoms with Crippen LogP contribution in [0.1, 0.15) is 45.3 Å². The lowest BCUT2D eigenvalue weighted by atomic mass is 10.1. The lowest BCUT2D eigenvalue weighted by Crippen LogP contribution is -2.41. The average Bonchev–Trinajstić information content (AvgIpc) is 2.36. The van der Waals surface area contributed by atoms with Crippen LogP contribution in [0.2, 0.25) is 18.1 Å². The summed E-state index contributed by atoms with van der Waals surface area (Å²) in [5.74, 6) is 0. The summed E-state index contributed by atoms with van der Waals surface area (Å²) in [7, 11) is -1.90. The molecule has 0 heterocycles. The molecule has 1 rings (SSSR count). The molecular formula is C16H27NO3Si. The Morgan fingerprint density at radius 1 is 1.24 bits per heavy atom. The fourth-order valence-electron chi connectivity index (χ4n) is 1.90. The second kappa shape index (κ2) is 7.18. The normalized spacial score (nSPS) is 14.0. The smallest absolute Gasteiger partial charge is 0.204 e. The van der Waals surface area contributed by atoms with Gasteiger partial charge >= 0.3 is 0 Å². The molecule has 0 saturated heterocycles. The molecule has 0 N–H and O–H groups in total. The molecule has 0 unspecified atom stereocenters. The van der Waals surface area contributed by atoms with Gasteiger partial charge in [-0.1, -0.05) is 51.1 Å². The molecule has 0 amide bonds. The van der Waals surface area contributed by atoms with Crippen LogP contribution < -0.4 is 0 Å². The van der Waals surface area contributed by atoms with E-state index < -0.39 is 8.32 Å². The second-order valence-electron chi connectivity index (χ2n) is 6.98. The number of nitro groups is 1. The number of nitrogens with zero attached hydrogens (tertiary/aromatic N) is 1. The van der Waals surface area contributed by atoms with Crippen LogP contribution in [0.3, 0.4) is 0 Å². The zero-order chi connectivity index (χ0) is 16.1. The molecule has 21 heavy (non-hydrogen) atoms. The predicted molar refractivity (Wildman–Crippen MR) is 88.6 cm³/mol. The minimum absolute atomic E-state index is 0.00416. The van der Waals surface area contributed by atoms with Crippen molar-refractivity contribution in [1.82, 2.24) is 0 Å². The minimum atomic E-state index is -1.90. The van der Waals surface area contributed by atoms with Crippen molar-refractivity contribution in [3.05, 3.63) is 46.0 Å². The third kappa shape index (κ3) is 5.59. The van der Waals surface area contributed by atoms with E-state index in [1.165, 1.54) is 0 Å². The van der Waals surface area contributed by atoms with E-state index in [9.17, 15) is 10.1 Å². The molecule has 5 heteroatoms. The standard InChI is InChI=1S/C16H27NO3Si/c1-16(2,3)21(4,5)20-15(12-9-13-17(18)19)14-10-7-6-8-11-14/h6-8,10-11,15H,9,12-13H2,1-5H3/t15-/m0/s1. The van der Waals surface area contributed by atoms with Crippen molar-refractivity contribution in [2.75, 3.05) is 6.54 Å². The van der Waals surface area contributed by atoms with Gasteiger partial charge in [-0.25, -0.2) is 0 Å². The molecule has 0 aliphatic heterocycles. The molecule has 0 saturated carbocycles. The van der Waals surface area contributed by atoms with Crippen LogP contribution in [0.5, 0.6) is 0 Å². The van der Waals surface area contributed by atoms with Crippen LogP contribution in [0, 0.1) is 10.1 Å². The third-order valence-corrected chi connectivity index (χ3v) is 8.71. The zero-order valence-electron chi connectivity index (χ0n) is 13.8. The van der Waals surface area contributed by atoms with Crippen LogP contribution in [-0.2, 0) is 4.43 Å². The van der Waals surface area contributed by atoms with Crippen molar-refractivity contribution >= 4 is 8.32 Å². The molecule has 0 bridgehead atoms. The van der Waals surface area contributed by atoms with Crippen molar-refractivity contribution in [2.45, 2.75) is 57.8 Å². The van der Waals surface area contributed by atoms with Gasteiger partial charge in [-0.3, -0.25) is 10.1 Å². The van der Waals surface area contributed by atoms with Crippen LogP contribution in [0.25, 0.3) is 0 Å². The first kappa shape index (κ1) is 17.8. The Bertz CT molecular complexity index is 454. The largest absolute Gasteiger partial charge is 0.410 e. The van der Waals surface area contributed by atoms with Crippen LogP contribution in [0.4, 0.5) is 0 Å². The summed E-state index contributed by atoms with van der Waals surface area (Å²) in [4.78, 5) is 10.3. The van der Waals surface area contributed by atoms with E-state index in [0.717, 1.165) is 5.56 Å². The van der Waals surface area contributed by atoms with Gasteiger partial charge in [0.2, 0.25) is 6.54 Å². The van der Waals surface area contributed by atoms with E-state index >= 15 is 0 Å². The summed E-state index contributed by atoms with van der Waals surface area (Å²) in [6.07, 6.45) is 1.19. The molecule has 1 aromatic carbocycles. The number of benzene rings is 1. The highest BCUT2D eigenvalue weighted by Gasteiger charge is 2.39. The number of rotatable bonds is 7. The Kier molecular flexibility index (Phi) is 6.10. The first-order valence-electron chi connectivity index (χ1n) is 7.48. The second-order valence-corrected chi connectivity index (χ2v) is 11.7. The van der Waals surface area contributed by atoms with Crippen molar-refractivity contribution in [2.24, 2.45) is 0 Å². The Morgan fingerprint density at radius 2 is 1.81 bits per heavy atom. The zero-order valence-corrected chi connectivity index (χ0v) is 14.8. The molecule has 0 fully saturated rings. The highest BCUT2D eigenvalue weighted by atomic mass is 28.4. The van der Waals surface area contributed by atoms with Crippen molar-refractivity contribution in [1.29, 1.82) is 0 Å². The van der Waals surface area contributed by atoms with Gasteiger partial charge in [0.25, 0.3) is 0 Å². The van der Waals surface area contributed by atoms with Crippen LogP contribution >= 0.6 is 0 Å². The van der Waals surface area contributed by atoms with Gasteiger partial charge in [-0.2, -0.15) is 0 Å². The first-order valence-corrected chi connectivity index (χ1v) is 10.4. The fourth-order valence-corrected chi connectivity index (χ4v) is 3.22. The average molecular weight is 309 g/mol. The van der Waals surface area contributed by atoms with Gasteiger partial charge in [0.15, 0.2) is 8.32 Å². The number of hydrogen-bond donors (Lipinski definition) is 0. The summed E-state index contributed by atoms with van der Waals surface area (Å²) in [5, 5.41) is 10.7. The highest BCUT2D eigenvalue weighted by molar-refractivity contribution is 6.74. The summed E-state index contributed by atoms with van der Waals surface area (Å²) in [6, 6.07) is 10.0. The van der Waals surface area contributed by atoms with E-state index in [0.29, 0.717) is 12.8 Å². The monoisotopic (exact) mass is 309 g/mol. The molecule has 0 aliphatic rings. The first-order chi connectivity index (χ1) is 9.63. The molecule has 4 nitrogen and oxygen atoms in total. The molecule has 0 spiro atoms. The third-order valence-electron chi connectivity index (χ3n) is 4.22. The Morgan fingerprint density at radius 3 is 2.29 bits per heavy atom. The summed E-state index contributed by atoms with van der Waals surface area (Å²) < 4.78 is 6.49. The van der Waals surface area contributed by atoms with Gasteiger partial charge in [-0.05, 0) is 30.1 Å². The van der Waals surface area contributed by atoms with E-state index in [4.69, 9.17) is 4.43 Å². The maximum Gasteiger partial charge on any atom is 0.204 e. The Hall–Kier alpha value is -1.20. The topological polar surface area (TPSA) is 52.4 Å². The molecule has 1 atom stereocenters. The maximum atomic E-state index is 10.5. The predicted octanol–water partition coefficient (Wildman–Crippen LogP) is 4.81. The van der Waals surface area contributed by atoms with E-state index in [-0.39, 0.29) is 22.6 Å². The van der Waals surface area contributed by atoms with E-state index in [2.05, 4.69) is 33.9 Å². The fraction of sp³-hybridized carbons (Fsp3) is 0.625. The summed E-state index contributed by atoms with van der Waals surface area (Å²) >= 11 is 0. The minimum Gasteiger partial charge on any atom is -0.410 e. The maximum absolute atomic E-state index is 10.5. The highest BCUT2D eigenvalue weighted by Crippen LogP contribution is 2.40. The Labute approximate surface area is 128 Å². The molecule has 118 valence electrons. The Balaban J connectivity index is 2.85. The van der Waals surface area contributed by atoms with Gasteiger partial charge in [0.1, 0.15) is 0 Å². The molecular weight excluding hydrogens is 282 g/mol. The van der Waals surface area contributed by atoms with Crippen LogP contribution in [-0.4, -0.2) is 19.8 Å². The van der Waals surface area contributed by atoms with Gasteiger partial charge < -0.3 is 4.43 Å². The van der Waals surface area contributed by atoms with E-state index in [1.807, 2.05) is 30.3 Å². The molecule has 1 aromatic rings. The van der Waals surface area contributed by atoms with E-state index in [1.54, 1.807) is 0 Å². The SMILES string of the molecule is CC(C)(C)[Si](C)(C)O[C@@H](CCC[N+](=O)[O-])c1ccccc1. The summed E-state index contributed by atoms with van der Waals surface area (Å²) in [5.41, 5.74) is 1.12. The summed E-state index contributed by atoms with van der Waals surface area (Å²) in [6.45, 7) is 11.1. The quantitative estimate of drug-likeness (QED) is 0.413. The molecule has 0 aromatic heterocycles. The van der Waals surface area contributed by atoms with Gasteiger partial charge in [0, 0.05) is 11.3 Å². The van der Waals surface area contributed by atoms with Crippen LogP contribution in [0.15, 0.2) is 30.3 Å². The lowest BCUT2D eigenvalue weighted by molar-refractivity contribution is -0.480. The van der Waals surface area contributed by atoms with Crippen molar-refractivity contribution in [3.63, 3.8) is 0 Å². The lowest BCUT2D eigenvalue weighted by Gasteiger charge is -2.39. The molecule has 0 aliphatic carbocycles. The molecule has 0 radical (unpaired) electrons.